The molecular formula is C23H27N5O3. The summed E-state index contributed by atoms with van der Waals surface area (Å²) in [7, 11) is 0. The predicted molar refractivity (Wildman–Crippen MR) is 117 cm³/mol. The van der Waals surface area contributed by atoms with E-state index in [0.29, 0.717) is 24.3 Å². The highest BCUT2D eigenvalue weighted by Gasteiger charge is 2.10. The van der Waals surface area contributed by atoms with Crippen molar-refractivity contribution in [3.63, 3.8) is 0 Å². The average Bonchev–Trinajstić information content (AvgIpc) is 3.31. The topological polar surface area (TPSA) is 98.1 Å². The lowest BCUT2D eigenvalue weighted by atomic mass is 10.1. The molecule has 2 N–H and O–H groups in total. The van der Waals surface area contributed by atoms with Crippen LogP contribution in [0.2, 0.25) is 0 Å². The number of nitrogens with one attached hydrogen (secondary N) is 2. The predicted octanol–water partition coefficient (Wildman–Crippen LogP) is 3.36. The fourth-order valence-electron chi connectivity index (χ4n) is 2.94. The fraction of sp³-hybridized carbons (Fsp3) is 0.304. The molecule has 2 amide bonds. The number of carbonyl (C=O) groups is 2. The van der Waals surface area contributed by atoms with E-state index in [9.17, 15) is 9.59 Å². The van der Waals surface area contributed by atoms with Crippen molar-refractivity contribution in [2.24, 2.45) is 0 Å². The molecule has 1 aromatic heterocycles. The minimum Gasteiger partial charge on any atom is -0.494 e. The molecule has 8 heteroatoms. The van der Waals surface area contributed by atoms with Crippen LogP contribution in [-0.2, 0) is 6.54 Å². The van der Waals surface area contributed by atoms with Crippen LogP contribution in [0.5, 0.6) is 5.75 Å². The Kier molecular flexibility index (Phi) is 8.16. The molecule has 0 spiro atoms. The zero-order valence-electron chi connectivity index (χ0n) is 17.6. The van der Waals surface area contributed by atoms with Crippen molar-refractivity contribution >= 4 is 11.8 Å². The van der Waals surface area contributed by atoms with E-state index < -0.39 is 11.8 Å². The zero-order valence-corrected chi connectivity index (χ0v) is 17.6. The molecule has 162 valence electrons. The Morgan fingerprint density at radius 1 is 0.903 bits per heavy atom. The lowest BCUT2D eigenvalue weighted by Crippen LogP contribution is -2.41. The van der Waals surface area contributed by atoms with Gasteiger partial charge in [0.2, 0.25) is 0 Å². The first kappa shape index (κ1) is 22.0. The molecule has 0 unspecified atom stereocenters. The summed E-state index contributed by atoms with van der Waals surface area (Å²) >= 11 is 0. The van der Waals surface area contributed by atoms with E-state index in [4.69, 9.17) is 4.74 Å². The third-order valence-electron chi connectivity index (χ3n) is 4.70. The summed E-state index contributed by atoms with van der Waals surface area (Å²) in [5.74, 6) is -0.0681. The highest BCUT2D eigenvalue weighted by Crippen LogP contribution is 2.13. The lowest BCUT2D eigenvalue weighted by molar-refractivity contribution is 0.0846. The summed E-state index contributed by atoms with van der Waals surface area (Å²) < 4.78 is 7.37. The van der Waals surface area contributed by atoms with E-state index in [1.165, 1.54) is 19.2 Å². The number of benzene rings is 2. The van der Waals surface area contributed by atoms with Crippen molar-refractivity contribution in [3.05, 3.63) is 77.9 Å². The van der Waals surface area contributed by atoms with Gasteiger partial charge in [-0.25, -0.2) is 9.67 Å². The van der Waals surface area contributed by atoms with Gasteiger partial charge in [0.15, 0.2) is 0 Å². The highest BCUT2D eigenvalue weighted by atomic mass is 16.5. The van der Waals surface area contributed by atoms with Gasteiger partial charge in [-0.3, -0.25) is 20.4 Å². The molecule has 3 rings (SSSR count). The first-order valence-electron chi connectivity index (χ1n) is 10.4. The van der Waals surface area contributed by atoms with Gasteiger partial charge in [0, 0.05) is 11.1 Å². The van der Waals surface area contributed by atoms with Crippen LogP contribution < -0.4 is 15.6 Å². The van der Waals surface area contributed by atoms with E-state index in [1.54, 1.807) is 47.4 Å². The second-order valence-corrected chi connectivity index (χ2v) is 7.13. The van der Waals surface area contributed by atoms with Gasteiger partial charge >= 0.3 is 0 Å². The van der Waals surface area contributed by atoms with Gasteiger partial charge in [-0.1, -0.05) is 38.3 Å². The number of amides is 2. The van der Waals surface area contributed by atoms with Crippen molar-refractivity contribution < 1.29 is 14.3 Å². The van der Waals surface area contributed by atoms with Crippen molar-refractivity contribution in [2.45, 2.75) is 39.2 Å². The fourth-order valence-corrected chi connectivity index (χ4v) is 2.94. The van der Waals surface area contributed by atoms with Crippen LogP contribution in [0.15, 0.2) is 61.2 Å². The number of hydrazine groups is 1. The Morgan fingerprint density at radius 3 is 2.13 bits per heavy atom. The second-order valence-electron chi connectivity index (χ2n) is 7.13. The van der Waals surface area contributed by atoms with Gasteiger partial charge in [-0.05, 0) is 48.4 Å². The Hall–Kier alpha value is -3.68. The average molecular weight is 422 g/mol. The van der Waals surface area contributed by atoms with Crippen molar-refractivity contribution in [2.75, 3.05) is 6.61 Å². The van der Waals surface area contributed by atoms with Gasteiger partial charge in [0.1, 0.15) is 18.4 Å². The molecule has 0 radical (unpaired) electrons. The van der Waals surface area contributed by atoms with Gasteiger partial charge in [-0.2, -0.15) is 5.10 Å². The van der Waals surface area contributed by atoms with E-state index in [2.05, 4.69) is 27.9 Å². The second kappa shape index (κ2) is 11.5. The summed E-state index contributed by atoms with van der Waals surface area (Å²) in [5.41, 5.74) is 6.72. The Labute approximate surface area is 181 Å². The molecule has 0 aliphatic heterocycles. The maximum absolute atomic E-state index is 12.3. The van der Waals surface area contributed by atoms with Crippen molar-refractivity contribution in [1.82, 2.24) is 25.6 Å². The third kappa shape index (κ3) is 6.95. The molecule has 8 nitrogen and oxygen atoms in total. The van der Waals surface area contributed by atoms with E-state index in [1.807, 2.05) is 12.1 Å². The molecule has 3 aromatic rings. The molecule has 0 atom stereocenters. The van der Waals surface area contributed by atoms with Gasteiger partial charge in [0.05, 0.1) is 13.2 Å². The first-order chi connectivity index (χ1) is 15.2. The molecule has 31 heavy (non-hydrogen) atoms. The molecule has 2 aromatic carbocycles. The van der Waals surface area contributed by atoms with Gasteiger partial charge in [0.25, 0.3) is 11.8 Å². The van der Waals surface area contributed by atoms with Crippen LogP contribution in [0.4, 0.5) is 0 Å². The summed E-state index contributed by atoms with van der Waals surface area (Å²) in [6, 6.07) is 13.9. The molecule has 0 aliphatic carbocycles. The number of hydrogen-bond donors (Lipinski definition) is 2. The maximum atomic E-state index is 12.3. The standard InChI is InChI=1S/C23H27N5O3/c1-2-3-4-5-14-31-21-12-10-20(11-13-21)23(30)27-26-22(29)19-8-6-18(7-9-19)15-28-17-24-16-25-28/h6-13,16-17H,2-5,14-15H2,1H3,(H,26,29)(H,27,30). The van der Waals surface area contributed by atoms with E-state index in [0.717, 1.165) is 24.2 Å². The van der Waals surface area contributed by atoms with Crippen LogP contribution in [0.3, 0.4) is 0 Å². The monoisotopic (exact) mass is 421 g/mol. The Morgan fingerprint density at radius 2 is 1.55 bits per heavy atom. The van der Waals surface area contributed by atoms with Gasteiger partial charge in [-0.15, -0.1) is 0 Å². The highest BCUT2D eigenvalue weighted by molar-refractivity contribution is 5.99. The Balaban J connectivity index is 1.43. The van der Waals surface area contributed by atoms with Crippen LogP contribution in [-0.4, -0.2) is 33.2 Å². The third-order valence-corrected chi connectivity index (χ3v) is 4.70. The minimum absolute atomic E-state index is 0.396. The van der Waals surface area contributed by atoms with Crippen molar-refractivity contribution in [1.29, 1.82) is 0 Å². The number of nitrogens with zero attached hydrogens (tertiary/aromatic N) is 3. The normalized spacial score (nSPS) is 10.5. The molecule has 0 bridgehead atoms. The van der Waals surface area contributed by atoms with Gasteiger partial charge < -0.3 is 4.74 Å². The number of aromatic nitrogens is 3. The number of ether oxygens (including phenoxy) is 1. The van der Waals surface area contributed by atoms with Crippen LogP contribution >= 0.6 is 0 Å². The summed E-state index contributed by atoms with van der Waals surface area (Å²) in [6.07, 6.45) is 7.67. The maximum Gasteiger partial charge on any atom is 0.269 e. The van der Waals surface area contributed by atoms with E-state index >= 15 is 0 Å². The number of unbranched alkanes of at least 4 members (excludes halogenated alkanes) is 3. The first-order valence-corrected chi connectivity index (χ1v) is 10.4. The smallest absolute Gasteiger partial charge is 0.269 e. The molecule has 0 fully saturated rings. The van der Waals surface area contributed by atoms with Crippen molar-refractivity contribution in [3.8, 4) is 5.75 Å². The largest absolute Gasteiger partial charge is 0.494 e. The quantitative estimate of drug-likeness (QED) is 0.386. The summed E-state index contributed by atoms with van der Waals surface area (Å²) in [4.78, 5) is 28.5. The lowest BCUT2D eigenvalue weighted by Gasteiger charge is -2.09. The number of hydrogen-bond acceptors (Lipinski definition) is 5. The Bertz CT molecular complexity index is 954. The minimum atomic E-state index is -0.398. The molecule has 0 saturated heterocycles. The SMILES string of the molecule is CCCCCCOc1ccc(C(=O)NNC(=O)c2ccc(Cn3cncn3)cc2)cc1. The molecule has 1 heterocycles. The summed E-state index contributed by atoms with van der Waals surface area (Å²) in [5, 5.41) is 4.05. The molecule has 0 saturated carbocycles. The van der Waals surface area contributed by atoms with Crippen LogP contribution in [0, 0.1) is 0 Å². The van der Waals surface area contributed by atoms with E-state index in [-0.39, 0.29) is 0 Å². The molecular weight excluding hydrogens is 394 g/mol. The van der Waals surface area contributed by atoms with Crippen LogP contribution in [0.1, 0.15) is 58.9 Å². The number of rotatable bonds is 10. The zero-order chi connectivity index (χ0) is 21.9. The number of carbonyl (C=O) groups excluding carboxylic acids is 2. The summed E-state index contributed by atoms with van der Waals surface area (Å²) in [6.45, 7) is 3.40. The molecule has 0 aliphatic rings. The van der Waals surface area contributed by atoms with Crippen LogP contribution in [0.25, 0.3) is 0 Å².